The summed E-state index contributed by atoms with van der Waals surface area (Å²) in [5.41, 5.74) is 2.74. The van der Waals surface area contributed by atoms with Crippen LogP contribution >= 0.6 is 0 Å². The third-order valence-electron chi connectivity index (χ3n) is 2.46. The Labute approximate surface area is 111 Å². The largest absolute Gasteiger partial charge is 0.354 e. The van der Waals surface area contributed by atoms with Gasteiger partial charge in [-0.2, -0.15) is 0 Å². The van der Waals surface area contributed by atoms with Crippen molar-refractivity contribution in [3.63, 3.8) is 0 Å². The highest BCUT2D eigenvalue weighted by molar-refractivity contribution is 5.97. The fourth-order valence-electron chi connectivity index (χ4n) is 1.36. The molecule has 2 amide bonds. The molecule has 7 heteroatoms. The highest BCUT2D eigenvalue weighted by Gasteiger charge is 2.16. The molecule has 0 saturated carbocycles. The molecule has 5 N–H and O–H groups in total. The van der Waals surface area contributed by atoms with Crippen molar-refractivity contribution in [2.75, 3.05) is 12.0 Å². The predicted octanol–water partition coefficient (Wildman–Crippen LogP) is 0.0117. The standard InChI is InChI=1S/C12H19N5O2/c1-3-6-14-11(18)8(2)16-12(19)9-4-5-10(17-13)15-7-9/h4-5,7-8H,3,6,13H2,1-2H3,(H,14,18)(H,15,17)(H,16,19). The molecule has 1 aromatic rings. The molecule has 19 heavy (non-hydrogen) atoms. The van der Waals surface area contributed by atoms with Crippen LogP contribution in [-0.2, 0) is 4.79 Å². The number of amides is 2. The number of rotatable bonds is 6. The zero-order valence-electron chi connectivity index (χ0n) is 11.1. The van der Waals surface area contributed by atoms with Crippen LogP contribution in [0.1, 0.15) is 30.6 Å². The number of hydrogen-bond donors (Lipinski definition) is 4. The van der Waals surface area contributed by atoms with Gasteiger partial charge in [-0.25, -0.2) is 10.8 Å². The Morgan fingerprint density at radius 2 is 2.16 bits per heavy atom. The van der Waals surface area contributed by atoms with Crippen LogP contribution in [0.4, 0.5) is 5.82 Å². The number of aromatic nitrogens is 1. The molecule has 7 nitrogen and oxygen atoms in total. The van der Waals surface area contributed by atoms with E-state index in [2.05, 4.69) is 21.0 Å². The van der Waals surface area contributed by atoms with Crippen molar-refractivity contribution in [3.8, 4) is 0 Å². The summed E-state index contributed by atoms with van der Waals surface area (Å²) in [6, 6.07) is 2.57. The van der Waals surface area contributed by atoms with E-state index in [9.17, 15) is 9.59 Å². The second-order valence-corrected chi connectivity index (χ2v) is 4.06. The summed E-state index contributed by atoms with van der Waals surface area (Å²) in [6.07, 6.45) is 2.24. The number of nitrogens with zero attached hydrogens (tertiary/aromatic N) is 1. The van der Waals surface area contributed by atoms with E-state index in [4.69, 9.17) is 5.84 Å². The first-order valence-electron chi connectivity index (χ1n) is 6.09. The lowest BCUT2D eigenvalue weighted by atomic mass is 10.2. The van der Waals surface area contributed by atoms with E-state index < -0.39 is 6.04 Å². The number of nitrogen functional groups attached to an aromatic ring is 1. The molecule has 1 unspecified atom stereocenters. The van der Waals surface area contributed by atoms with E-state index in [1.54, 1.807) is 19.1 Å². The second-order valence-electron chi connectivity index (χ2n) is 4.06. The molecule has 0 radical (unpaired) electrons. The molecule has 1 aromatic heterocycles. The first-order valence-corrected chi connectivity index (χ1v) is 6.09. The SMILES string of the molecule is CCCNC(=O)C(C)NC(=O)c1ccc(NN)nc1. The number of carbonyl (C=O) groups is 2. The first-order chi connectivity index (χ1) is 9.08. The lowest BCUT2D eigenvalue weighted by Gasteiger charge is -2.13. The summed E-state index contributed by atoms with van der Waals surface area (Å²) in [6.45, 7) is 4.19. The van der Waals surface area contributed by atoms with Gasteiger partial charge in [0, 0.05) is 12.7 Å². The van der Waals surface area contributed by atoms with Gasteiger partial charge in [0.1, 0.15) is 11.9 Å². The van der Waals surface area contributed by atoms with Crippen molar-refractivity contribution >= 4 is 17.6 Å². The minimum absolute atomic E-state index is 0.205. The number of pyridine rings is 1. The lowest BCUT2D eigenvalue weighted by molar-refractivity contribution is -0.122. The Balaban J connectivity index is 2.55. The van der Waals surface area contributed by atoms with E-state index in [0.29, 0.717) is 17.9 Å². The Hall–Kier alpha value is -2.15. The highest BCUT2D eigenvalue weighted by Crippen LogP contribution is 2.03. The van der Waals surface area contributed by atoms with Crippen molar-refractivity contribution in [1.82, 2.24) is 15.6 Å². The van der Waals surface area contributed by atoms with E-state index in [1.165, 1.54) is 6.20 Å². The molecule has 104 valence electrons. The number of nitrogens with one attached hydrogen (secondary N) is 3. The number of nitrogens with two attached hydrogens (primary N) is 1. The molecule has 0 aliphatic rings. The Bertz CT molecular complexity index is 432. The van der Waals surface area contributed by atoms with Crippen LogP contribution in [0.2, 0.25) is 0 Å². The molecule has 1 heterocycles. The van der Waals surface area contributed by atoms with Crippen LogP contribution in [0, 0.1) is 0 Å². The van der Waals surface area contributed by atoms with Gasteiger partial charge in [-0.15, -0.1) is 0 Å². The smallest absolute Gasteiger partial charge is 0.253 e. The third kappa shape index (κ3) is 4.55. The van der Waals surface area contributed by atoms with Crippen molar-refractivity contribution in [2.45, 2.75) is 26.3 Å². The maximum Gasteiger partial charge on any atom is 0.253 e. The van der Waals surface area contributed by atoms with Crippen molar-refractivity contribution in [2.24, 2.45) is 5.84 Å². The Morgan fingerprint density at radius 3 is 2.68 bits per heavy atom. The molecule has 0 spiro atoms. The third-order valence-corrected chi connectivity index (χ3v) is 2.46. The fraction of sp³-hybridized carbons (Fsp3) is 0.417. The van der Waals surface area contributed by atoms with Crippen molar-refractivity contribution in [1.29, 1.82) is 0 Å². The molecule has 0 saturated heterocycles. The molecule has 0 aliphatic carbocycles. The monoisotopic (exact) mass is 265 g/mol. The summed E-state index contributed by atoms with van der Waals surface area (Å²) < 4.78 is 0. The number of carbonyl (C=O) groups excluding carboxylic acids is 2. The van der Waals surface area contributed by atoms with Crippen LogP contribution in [0.25, 0.3) is 0 Å². The van der Waals surface area contributed by atoms with Gasteiger partial charge < -0.3 is 16.1 Å². The van der Waals surface area contributed by atoms with Crippen LogP contribution < -0.4 is 21.9 Å². The van der Waals surface area contributed by atoms with Gasteiger partial charge in [0.15, 0.2) is 0 Å². The van der Waals surface area contributed by atoms with Gasteiger partial charge in [0.2, 0.25) is 5.91 Å². The first kappa shape index (κ1) is 14.9. The molecular formula is C12H19N5O2. The summed E-state index contributed by atoms with van der Waals surface area (Å²) in [4.78, 5) is 27.4. The molecule has 0 bridgehead atoms. The second kappa shape index (κ2) is 7.32. The Kier molecular flexibility index (Phi) is 5.74. The predicted molar refractivity (Wildman–Crippen MR) is 72.3 cm³/mol. The molecular weight excluding hydrogens is 246 g/mol. The summed E-state index contributed by atoms with van der Waals surface area (Å²) in [7, 11) is 0. The van der Waals surface area contributed by atoms with E-state index >= 15 is 0 Å². The van der Waals surface area contributed by atoms with Gasteiger partial charge in [0.25, 0.3) is 5.91 Å². The molecule has 0 aromatic carbocycles. The fourth-order valence-corrected chi connectivity index (χ4v) is 1.36. The average Bonchev–Trinajstić information content (AvgIpc) is 2.44. The normalized spacial score (nSPS) is 11.5. The van der Waals surface area contributed by atoms with Gasteiger partial charge in [-0.1, -0.05) is 6.92 Å². The molecule has 1 atom stereocenters. The number of hydrogen-bond acceptors (Lipinski definition) is 5. The maximum atomic E-state index is 11.9. The zero-order valence-corrected chi connectivity index (χ0v) is 11.1. The van der Waals surface area contributed by atoms with Crippen LogP contribution in [-0.4, -0.2) is 29.4 Å². The number of anilines is 1. The number of hydrazine groups is 1. The van der Waals surface area contributed by atoms with Gasteiger partial charge >= 0.3 is 0 Å². The summed E-state index contributed by atoms with van der Waals surface area (Å²) in [5, 5.41) is 5.31. The zero-order chi connectivity index (χ0) is 14.3. The van der Waals surface area contributed by atoms with E-state index in [-0.39, 0.29) is 11.8 Å². The van der Waals surface area contributed by atoms with Gasteiger partial charge in [0.05, 0.1) is 5.56 Å². The van der Waals surface area contributed by atoms with E-state index in [0.717, 1.165) is 6.42 Å². The summed E-state index contributed by atoms with van der Waals surface area (Å²) in [5.74, 6) is 5.08. The minimum atomic E-state index is -0.591. The van der Waals surface area contributed by atoms with Crippen molar-refractivity contribution in [3.05, 3.63) is 23.9 Å². The van der Waals surface area contributed by atoms with Crippen molar-refractivity contribution < 1.29 is 9.59 Å². The van der Waals surface area contributed by atoms with Gasteiger partial charge in [-0.05, 0) is 25.5 Å². The van der Waals surface area contributed by atoms with Crippen LogP contribution in [0.3, 0.4) is 0 Å². The average molecular weight is 265 g/mol. The minimum Gasteiger partial charge on any atom is -0.354 e. The van der Waals surface area contributed by atoms with Crippen LogP contribution in [0.15, 0.2) is 18.3 Å². The van der Waals surface area contributed by atoms with E-state index in [1.807, 2.05) is 6.92 Å². The van der Waals surface area contributed by atoms with Crippen LogP contribution in [0.5, 0.6) is 0 Å². The molecule has 1 rings (SSSR count). The quantitative estimate of drug-likeness (QED) is 0.428. The topological polar surface area (TPSA) is 109 Å². The Morgan fingerprint density at radius 1 is 1.42 bits per heavy atom. The lowest BCUT2D eigenvalue weighted by Crippen LogP contribution is -2.45. The molecule has 0 aliphatic heterocycles. The summed E-state index contributed by atoms with van der Waals surface area (Å²) >= 11 is 0. The highest BCUT2D eigenvalue weighted by atomic mass is 16.2. The molecule has 0 fully saturated rings. The van der Waals surface area contributed by atoms with Gasteiger partial charge in [-0.3, -0.25) is 9.59 Å². The maximum absolute atomic E-state index is 11.9.